The maximum Gasteiger partial charge on any atom is 0.228 e. The molecule has 1 heterocycles. The van der Waals surface area contributed by atoms with Crippen LogP contribution in [0.3, 0.4) is 0 Å². The van der Waals surface area contributed by atoms with Gasteiger partial charge in [0.1, 0.15) is 0 Å². The molecule has 1 saturated carbocycles. The molecule has 0 bridgehead atoms. The molecule has 0 aliphatic heterocycles. The number of fused-ring (bicyclic) bond motifs is 1. The van der Waals surface area contributed by atoms with E-state index < -0.39 is 0 Å². The van der Waals surface area contributed by atoms with Gasteiger partial charge in [-0.05, 0) is 104 Å². The fourth-order valence-electron chi connectivity index (χ4n) is 5.21. The van der Waals surface area contributed by atoms with Crippen molar-refractivity contribution in [2.45, 2.75) is 52.9 Å². The fourth-order valence-corrected chi connectivity index (χ4v) is 6.56. The lowest BCUT2D eigenvalue weighted by Gasteiger charge is -2.19. The third-order valence-electron chi connectivity index (χ3n) is 7.31. The van der Waals surface area contributed by atoms with Crippen LogP contribution in [0.4, 0.5) is 5.69 Å². The van der Waals surface area contributed by atoms with Crippen molar-refractivity contribution < 1.29 is 4.79 Å². The van der Waals surface area contributed by atoms with Gasteiger partial charge in [-0.2, -0.15) is 0 Å². The SMILES string of the molecule is Cc1cc2cc(C3CCCC3C(=O)Nc3ccc(-c4ccccc4C)cc3C)sc2cc1C. The highest BCUT2D eigenvalue weighted by Gasteiger charge is 2.35. The predicted octanol–water partition coefficient (Wildman–Crippen LogP) is 8.32. The summed E-state index contributed by atoms with van der Waals surface area (Å²) in [5.74, 6) is 0.513. The number of thiophene rings is 1. The average Bonchev–Trinajstić information content (AvgIpc) is 3.43. The minimum absolute atomic E-state index is 0.0377. The zero-order valence-corrected chi connectivity index (χ0v) is 20.7. The van der Waals surface area contributed by atoms with Crippen molar-refractivity contribution in [3.05, 3.63) is 87.8 Å². The monoisotopic (exact) mass is 453 g/mol. The predicted molar refractivity (Wildman–Crippen MR) is 141 cm³/mol. The van der Waals surface area contributed by atoms with Crippen molar-refractivity contribution >= 4 is 33.0 Å². The first-order valence-corrected chi connectivity index (χ1v) is 12.7. The molecule has 1 N–H and O–H groups in total. The quantitative estimate of drug-likeness (QED) is 0.331. The molecule has 1 aliphatic carbocycles. The zero-order valence-electron chi connectivity index (χ0n) is 19.9. The Morgan fingerprint density at radius 2 is 1.64 bits per heavy atom. The summed E-state index contributed by atoms with van der Waals surface area (Å²) < 4.78 is 1.33. The summed E-state index contributed by atoms with van der Waals surface area (Å²) in [7, 11) is 0. The second-order valence-electron chi connectivity index (χ2n) is 9.60. The maximum atomic E-state index is 13.4. The van der Waals surface area contributed by atoms with Gasteiger partial charge in [0, 0.05) is 27.1 Å². The smallest absolute Gasteiger partial charge is 0.228 e. The van der Waals surface area contributed by atoms with Crippen molar-refractivity contribution in [3.8, 4) is 11.1 Å². The van der Waals surface area contributed by atoms with E-state index in [9.17, 15) is 4.79 Å². The average molecular weight is 454 g/mol. The summed E-state index contributed by atoms with van der Waals surface area (Å²) in [5, 5.41) is 4.57. The molecule has 1 aromatic heterocycles. The van der Waals surface area contributed by atoms with Crippen LogP contribution in [0.2, 0.25) is 0 Å². The Morgan fingerprint density at radius 3 is 2.42 bits per heavy atom. The number of amides is 1. The molecule has 2 unspecified atom stereocenters. The van der Waals surface area contributed by atoms with E-state index in [0.29, 0.717) is 5.92 Å². The second-order valence-corrected chi connectivity index (χ2v) is 10.7. The molecule has 33 heavy (non-hydrogen) atoms. The number of carbonyl (C=O) groups is 1. The lowest BCUT2D eigenvalue weighted by molar-refractivity contribution is -0.120. The summed E-state index contributed by atoms with van der Waals surface area (Å²) >= 11 is 1.87. The van der Waals surface area contributed by atoms with Gasteiger partial charge in [0.2, 0.25) is 5.91 Å². The molecule has 3 aromatic carbocycles. The Labute approximate surface area is 200 Å². The normalized spacial score (nSPS) is 18.1. The van der Waals surface area contributed by atoms with Gasteiger partial charge in [-0.1, -0.05) is 42.8 Å². The van der Waals surface area contributed by atoms with Crippen LogP contribution in [0.5, 0.6) is 0 Å². The van der Waals surface area contributed by atoms with E-state index in [0.717, 1.165) is 30.5 Å². The van der Waals surface area contributed by atoms with Gasteiger partial charge in [-0.15, -0.1) is 11.3 Å². The van der Waals surface area contributed by atoms with E-state index >= 15 is 0 Å². The Hall–Kier alpha value is -2.91. The molecule has 2 nitrogen and oxygen atoms in total. The summed E-state index contributed by atoms with van der Waals surface area (Å²) in [5.41, 5.74) is 8.38. The van der Waals surface area contributed by atoms with E-state index in [1.807, 2.05) is 11.3 Å². The molecule has 0 saturated heterocycles. The largest absolute Gasteiger partial charge is 0.326 e. The van der Waals surface area contributed by atoms with Crippen LogP contribution >= 0.6 is 11.3 Å². The molecular formula is C30H31NOS. The zero-order chi connectivity index (χ0) is 23.1. The van der Waals surface area contributed by atoms with Crippen LogP contribution < -0.4 is 5.32 Å². The number of benzene rings is 3. The number of anilines is 1. The van der Waals surface area contributed by atoms with Gasteiger partial charge in [0.25, 0.3) is 0 Å². The molecule has 4 aromatic rings. The number of nitrogens with one attached hydrogen (secondary N) is 1. The highest BCUT2D eigenvalue weighted by molar-refractivity contribution is 7.19. The van der Waals surface area contributed by atoms with E-state index in [1.54, 1.807) is 0 Å². The van der Waals surface area contributed by atoms with E-state index in [-0.39, 0.29) is 11.8 Å². The lowest BCUT2D eigenvalue weighted by atomic mass is 9.93. The first-order chi connectivity index (χ1) is 15.9. The van der Waals surface area contributed by atoms with Gasteiger partial charge in [-0.3, -0.25) is 4.79 Å². The van der Waals surface area contributed by atoms with Crippen LogP contribution in [0.25, 0.3) is 21.2 Å². The van der Waals surface area contributed by atoms with Gasteiger partial charge in [-0.25, -0.2) is 0 Å². The van der Waals surface area contributed by atoms with Crippen LogP contribution in [-0.2, 0) is 4.79 Å². The third kappa shape index (κ3) is 4.22. The molecule has 0 radical (unpaired) electrons. The van der Waals surface area contributed by atoms with Crippen molar-refractivity contribution in [3.63, 3.8) is 0 Å². The van der Waals surface area contributed by atoms with Gasteiger partial charge >= 0.3 is 0 Å². The molecule has 1 aliphatic rings. The van der Waals surface area contributed by atoms with E-state index in [1.165, 1.54) is 42.8 Å². The van der Waals surface area contributed by atoms with Crippen molar-refractivity contribution in [2.24, 2.45) is 5.92 Å². The third-order valence-corrected chi connectivity index (χ3v) is 8.54. The first kappa shape index (κ1) is 21.9. The standard InChI is InChI=1S/C30H31NOS/c1-18-8-5-6-9-24(18)22-12-13-27(21(4)15-22)31-30(32)26-11-7-10-25(26)29-17-23-14-19(2)20(3)16-28(23)33-29/h5-6,8-9,12-17,25-26H,7,10-11H2,1-4H3,(H,31,32). The van der Waals surface area contributed by atoms with Crippen LogP contribution in [-0.4, -0.2) is 5.91 Å². The number of aryl methyl sites for hydroxylation is 4. The van der Waals surface area contributed by atoms with Crippen molar-refractivity contribution in [1.82, 2.24) is 0 Å². The Bertz CT molecular complexity index is 1310. The van der Waals surface area contributed by atoms with Gasteiger partial charge < -0.3 is 5.32 Å². The molecule has 1 fully saturated rings. The second kappa shape index (κ2) is 8.79. The Kier molecular flexibility index (Phi) is 5.84. The summed E-state index contributed by atoms with van der Waals surface area (Å²) in [6.45, 7) is 8.56. The first-order valence-electron chi connectivity index (χ1n) is 11.9. The molecule has 0 spiro atoms. The molecule has 3 heteroatoms. The molecule has 1 amide bonds. The minimum Gasteiger partial charge on any atom is -0.326 e. The summed E-state index contributed by atoms with van der Waals surface area (Å²) in [6, 6.07) is 21.7. The van der Waals surface area contributed by atoms with Crippen molar-refractivity contribution in [2.75, 3.05) is 5.32 Å². The number of rotatable bonds is 4. The van der Waals surface area contributed by atoms with Crippen LogP contribution in [0.1, 0.15) is 52.3 Å². The fraction of sp³-hybridized carbons (Fsp3) is 0.300. The molecule has 168 valence electrons. The van der Waals surface area contributed by atoms with Crippen molar-refractivity contribution in [1.29, 1.82) is 0 Å². The number of hydrogen-bond acceptors (Lipinski definition) is 2. The molecule has 2 atom stereocenters. The van der Waals surface area contributed by atoms with Gasteiger partial charge in [0.05, 0.1) is 0 Å². The van der Waals surface area contributed by atoms with E-state index in [4.69, 9.17) is 0 Å². The highest BCUT2D eigenvalue weighted by Crippen LogP contribution is 2.45. The molecule has 5 rings (SSSR count). The highest BCUT2D eigenvalue weighted by atomic mass is 32.1. The van der Waals surface area contributed by atoms with E-state index in [2.05, 4.69) is 93.7 Å². The Morgan fingerprint density at radius 1 is 0.848 bits per heavy atom. The van der Waals surface area contributed by atoms with Crippen LogP contribution in [0, 0.1) is 33.6 Å². The lowest BCUT2D eigenvalue weighted by Crippen LogP contribution is -2.25. The molecular weight excluding hydrogens is 422 g/mol. The summed E-state index contributed by atoms with van der Waals surface area (Å²) in [4.78, 5) is 14.7. The summed E-state index contributed by atoms with van der Waals surface area (Å²) in [6.07, 6.45) is 3.16. The number of hydrogen-bond donors (Lipinski definition) is 1. The minimum atomic E-state index is 0.0377. The maximum absolute atomic E-state index is 13.4. The topological polar surface area (TPSA) is 29.1 Å². The number of carbonyl (C=O) groups excluding carboxylic acids is 1. The van der Waals surface area contributed by atoms with Crippen LogP contribution in [0.15, 0.2) is 60.7 Å². The van der Waals surface area contributed by atoms with Gasteiger partial charge in [0.15, 0.2) is 0 Å². The Balaban J connectivity index is 1.37.